The summed E-state index contributed by atoms with van der Waals surface area (Å²) < 4.78 is 21.7. The van der Waals surface area contributed by atoms with Crippen molar-refractivity contribution in [3.05, 3.63) is 94.0 Å². The predicted molar refractivity (Wildman–Crippen MR) is 229 cm³/mol. The largest absolute Gasteiger partial charge is 0.456 e. The zero-order chi connectivity index (χ0) is 44.5. The topological polar surface area (TPSA) is 162 Å². The molecule has 1 unspecified atom stereocenters. The highest BCUT2D eigenvalue weighted by Crippen LogP contribution is 2.32. The van der Waals surface area contributed by atoms with Crippen LogP contribution in [-0.2, 0) is 25.5 Å². The number of alkyl carbamates (subject to hydrolysis) is 1. The summed E-state index contributed by atoms with van der Waals surface area (Å²) in [5.41, 5.74) is 0.0616. The van der Waals surface area contributed by atoms with Gasteiger partial charge in [-0.25, -0.2) is 19.2 Å². The second-order valence-corrected chi connectivity index (χ2v) is 18.9. The molecule has 1 atom stereocenters. The van der Waals surface area contributed by atoms with Crippen molar-refractivity contribution < 1.29 is 42.9 Å². The lowest BCUT2D eigenvalue weighted by atomic mass is 9.93. The number of hydrogen-bond donors (Lipinski definition) is 2. The van der Waals surface area contributed by atoms with Gasteiger partial charge in [0.25, 0.3) is 0 Å². The summed E-state index contributed by atoms with van der Waals surface area (Å²) in [7, 11) is 0. The van der Waals surface area contributed by atoms with E-state index in [0.717, 1.165) is 5.56 Å². The van der Waals surface area contributed by atoms with Crippen molar-refractivity contribution in [3.8, 4) is 5.75 Å². The number of rotatable bonds is 10. The number of hydrogen-bond acceptors (Lipinski definition) is 9. The number of ether oxygens (including phenoxy) is 4. The van der Waals surface area contributed by atoms with E-state index in [1.165, 1.54) is 30.3 Å². The Balaban J connectivity index is 1.70. The maximum Gasteiger partial charge on any atom is 0.437 e. The molecular formula is C45H59ClN4O9. The quantitative estimate of drug-likeness (QED) is 0.0661. The first-order chi connectivity index (χ1) is 27.1. The molecule has 3 aromatic carbocycles. The molecule has 0 spiro atoms. The van der Waals surface area contributed by atoms with Crippen LogP contribution < -0.4 is 15.4 Å². The lowest BCUT2D eigenvalue weighted by molar-refractivity contribution is -0.133. The van der Waals surface area contributed by atoms with Gasteiger partial charge >= 0.3 is 24.1 Å². The number of halogens is 1. The zero-order valence-electron chi connectivity index (χ0n) is 36.5. The van der Waals surface area contributed by atoms with Gasteiger partial charge in [0.2, 0.25) is 11.9 Å². The molecule has 0 saturated heterocycles. The summed E-state index contributed by atoms with van der Waals surface area (Å²) in [5, 5.41) is 5.57. The lowest BCUT2D eigenvalue weighted by Gasteiger charge is -2.31. The Hall–Kier alpha value is -5.43. The van der Waals surface area contributed by atoms with Crippen LogP contribution in [0, 0.1) is 5.41 Å². The Bertz CT molecular complexity index is 2020. The Kier molecular flexibility index (Phi) is 15.9. The molecule has 0 fully saturated rings. The molecule has 0 saturated carbocycles. The predicted octanol–water partition coefficient (Wildman–Crippen LogP) is 10.3. The number of guanidine groups is 1. The summed E-state index contributed by atoms with van der Waals surface area (Å²) >= 11 is 6.71. The van der Waals surface area contributed by atoms with E-state index < -0.39 is 40.9 Å². The SMILES string of the molecule is CC(CC(=O)N(Cc1cccc(C(=O)OC(C)(C)C)c1)CC(C)(C)C)c1ccc(OC(=O)c2ccc(N/C(=N\C(=O)OC(C)(C)C)NC(=O)OC(C)(C)C)cc2)cc1Cl. The van der Waals surface area contributed by atoms with Crippen LogP contribution in [0.15, 0.2) is 71.7 Å². The van der Waals surface area contributed by atoms with Crippen molar-refractivity contribution in [2.24, 2.45) is 10.4 Å². The van der Waals surface area contributed by atoms with Gasteiger partial charge in [0.05, 0.1) is 11.1 Å². The van der Waals surface area contributed by atoms with E-state index in [-0.39, 0.29) is 40.9 Å². The van der Waals surface area contributed by atoms with Crippen molar-refractivity contribution in [3.63, 3.8) is 0 Å². The molecule has 0 aliphatic carbocycles. The van der Waals surface area contributed by atoms with Crippen molar-refractivity contribution in [2.45, 2.75) is 126 Å². The highest BCUT2D eigenvalue weighted by molar-refractivity contribution is 6.31. The van der Waals surface area contributed by atoms with Gasteiger partial charge in [-0.3, -0.25) is 10.1 Å². The Labute approximate surface area is 353 Å². The van der Waals surface area contributed by atoms with Crippen LogP contribution in [0.3, 0.4) is 0 Å². The summed E-state index contributed by atoms with van der Waals surface area (Å²) in [5.74, 6) is -1.48. The van der Waals surface area contributed by atoms with Crippen LogP contribution >= 0.6 is 11.6 Å². The van der Waals surface area contributed by atoms with Crippen LogP contribution in [0.2, 0.25) is 5.02 Å². The highest BCUT2D eigenvalue weighted by atomic mass is 35.5. The van der Waals surface area contributed by atoms with Gasteiger partial charge in [0.1, 0.15) is 22.6 Å². The molecule has 0 aliphatic heterocycles. The minimum atomic E-state index is -0.941. The van der Waals surface area contributed by atoms with Gasteiger partial charge in [-0.15, -0.1) is 4.99 Å². The third kappa shape index (κ3) is 17.5. The molecule has 3 amide bonds. The third-order valence-corrected chi connectivity index (χ3v) is 8.07. The fourth-order valence-corrected chi connectivity index (χ4v) is 5.84. The molecule has 3 rings (SSSR count). The number of esters is 2. The van der Waals surface area contributed by atoms with Crippen molar-refractivity contribution >= 4 is 53.3 Å². The van der Waals surface area contributed by atoms with E-state index in [0.29, 0.717) is 34.9 Å². The highest BCUT2D eigenvalue weighted by Gasteiger charge is 2.26. The molecular weight excluding hydrogens is 776 g/mol. The molecule has 0 bridgehead atoms. The first-order valence-electron chi connectivity index (χ1n) is 19.4. The number of carbonyl (C=O) groups excluding carboxylic acids is 5. The molecule has 0 radical (unpaired) electrons. The maximum absolute atomic E-state index is 13.8. The average Bonchev–Trinajstić information content (AvgIpc) is 3.05. The second-order valence-electron chi connectivity index (χ2n) is 18.5. The van der Waals surface area contributed by atoms with E-state index in [1.807, 2.05) is 33.8 Å². The molecule has 0 heterocycles. The fraction of sp³-hybridized carbons (Fsp3) is 0.467. The van der Waals surface area contributed by atoms with Crippen molar-refractivity contribution in [1.82, 2.24) is 10.2 Å². The third-order valence-electron chi connectivity index (χ3n) is 7.75. The van der Waals surface area contributed by atoms with E-state index >= 15 is 0 Å². The number of carbonyl (C=O) groups is 5. The molecule has 59 heavy (non-hydrogen) atoms. The minimum absolute atomic E-state index is 0.0801. The minimum Gasteiger partial charge on any atom is -0.456 e. The number of nitrogens with one attached hydrogen (secondary N) is 2. The smallest absolute Gasteiger partial charge is 0.437 e. The molecule has 14 heteroatoms. The van der Waals surface area contributed by atoms with Crippen LogP contribution in [0.25, 0.3) is 0 Å². The molecule has 320 valence electrons. The summed E-state index contributed by atoms with van der Waals surface area (Å²) in [6.45, 7) is 24.4. The van der Waals surface area contributed by atoms with E-state index in [4.69, 9.17) is 30.5 Å². The second kappa shape index (κ2) is 19.5. The van der Waals surface area contributed by atoms with Crippen molar-refractivity contribution in [2.75, 3.05) is 11.9 Å². The molecule has 13 nitrogen and oxygen atoms in total. The lowest BCUT2D eigenvalue weighted by Crippen LogP contribution is -2.40. The summed E-state index contributed by atoms with van der Waals surface area (Å²) in [6, 6.07) is 18.1. The molecule has 0 aliphatic rings. The zero-order valence-corrected chi connectivity index (χ0v) is 37.3. The number of nitrogens with zero attached hydrogens (tertiary/aromatic N) is 2. The summed E-state index contributed by atoms with van der Waals surface area (Å²) in [4.78, 5) is 70.2. The van der Waals surface area contributed by atoms with E-state index in [1.54, 1.807) is 76.8 Å². The van der Waals surface area contributed by atoms with E-state index in [2.05, 4.69) is 36.4 Å². The average molecular weight is 835 g/mol. The Morgan fingerprint density at radius 3 is 1.90 bits per heavy atom. The van der Waals surface area contributed by atoms with Gasteiger partial charge in [-0.1, -0.05) is 57.5 Å². The van der Waals surface area contributed by atoms with Gasteiger partial charge in [-0.05, 0) is 133 Å². The first kappa shape index (κ1) is 47.9. The number of benzene rings is 3. The van der Waals surface area contributed by atoms with Gasteiger partial charge in [0, 0.05) is 30.2 Å². The van der Waals surface area contributed by atoms with Crippen molar-refractivity contribution in [1.29, 1.82) is 0 Å². The monoisotopic (exact) mass is 834 g/mol. The fourth-order valence-electron chi connectivity index (χ4n) is 5.49. The number of aliphatic imine (C=N–C) groups is 1. The molecule has 0 aromatic heterocycles. The summed E-state index contributed by atoms with van der Waals surface area (Å²) in [6.07, 6.45) is -1.62. The van der Waals surface area contributed by atoms with Gasteiger partial charge < -0.3 is 29.2 Å². The maximum atomic E-state index is 13.8. The Morgan fingerprint density at radius 1 is 0.729 bits per heavy atom. The molecule has 2 N–H and O–H groups in total. The van der Waals surface area contributed by atoms with Crippen LogP contribution in [0.5, 0.6) is 5.75 Å². The van der Waals surface area contributed by atoms with Gasteiger partial charge in [0.15, 0.2) is 0 Å². The van der Waals surface area contributed by atoms with Crippen LogP contribution in [0.1, 0.15) is 134 Å². The van der Waals surface area contributed by atoms with E-state index in [9.17, 15) is 24.0 Å². The number of anilines is 1. The number of amides is 3. The standard InChI is InChI=1S/C45H59ClN4O9/c1-28(23-36(51)50(27-42(2,3)4)26-29-15-14-16-31(24-29)38(53)57-43(5,6)7)34-22-21-33(25-35(34)46)56-37(52)30-17-19-32(20-18-30)47-39(48-40(54)58-44(8,9)10)49-41(55)59-45(11,12)13/h14-22,24-25,28H,23,26-27H2,1-13H3,(H2,47,48,49,54,55). The van der Waals surface area contributed by atoms with Crippen LogP contribution in [-0.4, -0.2) is 64.2 Å². The molecule has 3 aromatic rings. The first-order valence-corrected chi connectivity index (χ1v) is 19.7. The van der Waals surface area contributed by atoms with Gasteiger partial charge in [-0.2, -0.15) is 0 Å². The Morgan fingerprint density at radius 2 is 1.34 bits per heavy atom. The van der Waals surface area contributed by atoms with Crippen LogP contribution in [0.4, 0.5) is 15.3 Å². The normalized spacial score (nSPS) is 12.8.